The van der Waals surface area contributed by atoms with E-state index >= 15 is 0 Å². The molecule has 2 rings (SSSR count). The van der Waals surface area contributed by atoms with Gasteiger partial charge in [-0.05, 0) is 25.0 Å². The number of nitrogens with one attached hydrogen (secondary N) is 1. The van der Waals surface area contributed by atoms with Crippen molar-refractivity contribution in [3.05, 3.63) is 57.2 Å². The lowest BCUT2D eigenvalue weighted by Gasteiger charge is -2.25. The molecule has 122 valence electrons. The fourth-order valence-electron chi connectivity index (χ4n) is 2.19. The molecule has 0 aliphatic rings. The molecular weight excluding hydrogens is 334 g/mol. The van der Waals surface area contributed by atoms with Crippen LogP contribution in [0, 0.1) is 0 Å². The van der Waals surface area contributed by atoms with E-state index in [4.69, 9.17) is 11.6 Å². The van der Waals surface area contributed by atoms with Crippen molar-refractivity contribution in [3.63, 3.8) is 0 Å². The van der Waals surface area contributed by atoms with Gasteiger partial charge in [0.05, 0.1) is 5.02 Å². The number of rotatable bonds is 7. The third-order valence-electron chi connectivity index (χ3n) is 3.74. The van der Waals surface area contributed by atoms with Gasteiger partial charge in [-0.1, -0.05) is 41.9 Å². The second-order valence-electron chi connectivity index (χ2n) is 5.51. The molecule has 0 saturated heterocycles. The van der Waals surface area contributed by atoms with E-state index in [0.29, 0.717) is 23.4 Å². The third-order valence-corrected chi connectivity index (χ3v) is 5.09. The zero-order valence-electron chi connectivity index (χ0n) is 12.7. The molecule has 1 amide bonds. The lowest BCUT2D eigenvalue weighted by atomic mass is 9.82. The topological polar surface area (TPSA) is 66.4 Å². The first-order chi connectivity index (χ1) is 10.9. The van der Waals surface area contributed by atoms with Crippen LogP contribution in [-0.4, -0.2) is 23.5 Å². The molecular formula is C17H18ClNO3S. The van der Waals surface area contributed by atoms with Crippen LogP contribution in [0.15, 0.2) is 41.8 Å². The summed E-state index contributed by atoms with van der Waals surface area (Å²) in [4.78, 5) is 24.7. The maximum absolute atomic E-state index is 12.0. The lowest BCUT2D eigenvalue weighted by Crippen LogP contribution is -2.44. The molecule has 2 aromatic rings. The number of hydrogen-bond donors (Lipinski definition) is 2. The first-order valence-corrected chi connectivity index (χ1v) is 8.46. The number of amides is 1. The maximum Gasteiger partial charge on any atom is 0.315 e. The number of benzene rings is 1. The Morgan fingerprint density at radius 1 is 1.30 bits per heavy atom. The number of carboxylic acid groups (broad SMARTS) is 1. The Hall–Kier alpha value is -1.85. The predicted molar refractivity (Wildman–Crippen MR) is 92.1 cm³/mol. The summed E-state index contributed by atoms with van der Waals surface area (Å²) in [5, 5.41) is 14.8. The standard InChI is InChI=1S/C17H18ClNO3S/c1-17(16(21)22,12-5-3-2-4-6-12)11-19-15(20)8-7-14-9-13(18)10-23-14/h2-6,9-10H,7-8,11H2,1H3,(H,19,20)(H,21,22). The molecule has 23 heavy (non-hydrogen) atoms. The largest absolute Gasteiger partial charge is 0.481 e. The number of carbonyl (C=O) groups excluding carboxylic acids is 1. The highest BCUT2D eigenvalue weighted by molar-refractivity contribution is 7.10. The second-order valence-corrected chi connectivity index (χ2v) is 6.94. The van der Waals surface area contributed by atoms with Gasteiger partial charge in [0.25, 0.3) is 0 Å². The molecule has 6 heteroatoms. The van der Waals surface area contributed by atoms with Gasteiger partial charge >= 0.3 is 5.97 Å². The average molecular weight is 352 g/mol. The van der Waals surface area contributed by atoms with Crippen LogP contribution in [0.2, 0.25) is 5.02 Å². The van der Waals surface area contributed by atoms with Crippen molar-refractivity contribution in [1.82, 2.24) is 5.32 Å². The van der Waals surface area contributed by atoms with E-state index in [0.717, 1.165) is 4.88 Å². The van der Waals surface area contributed by atoms with Crippen molar-refractivity contribution in [2.45, 2.75) is 25.2 Å². The fourth-order valence-corrected chi connectivity index (χ4v) is 3.27. The van der Waals surface area contributed by atoms with Gasteiger partial charge in [0.2, 0.25) is 5.91 Å². The van der Waals surface area contributed by atoms with E-state index in [1.54, 1.807) is 31.2 Å². The van der Waals surface area contributed by atoms with Crippen LogP contribution in [0.4, 0.5) is 0 Å². The van der Waals surface area contributed by atoms with Crippen LogP contribution in [0.25, 0.3) is 0 Å². The number of halogens is 1. The number of aryl methyl sites for hydroxylation is 1. The monoisotopic (exact) mass is 351 g/mol. The van der Waals surface area contributed by atoms with Crippen LogP contribution >= 0.6 is 22.9 Å². The highest BCUT2D eigenvalue weighted by atomic mass is 35.5. The smallest absolute Gasteiger partial charge is 0.315 e. The lowest BCUT2D eigenvalue weighted by molar-refractivity contribution is -0.143. The van der Waals surface area contributed by atoms with E-state index in [1.165, 1.54) is 11.3 Å². The molecule has 1 aromatic heterocycles. The Morgan fingerprint density at radius 3 is 2.57 bits per heavy atom. The normalized spacial score (nSPS) is 13.3. The Kier molecular flexibility index (Phi) is 5.80. The number of hydrogen-bond acceptors (Lipinski definition) is 3. The summed E-state index contributed by atoms with van der Waals surface area (Å²) in [5.74, 6) is -1.13. The zero-order chi connectivity index (χ0) is 16.9. The van der Waals surface area contributed by atoms with Gasteiger partial charge in [-0.25, -0.2) is 0 Å². The first kappa shape index (κ1) is 17.5. The van der Waals surface area contributed by atoms with Crippen molar-refractivity contribution in [2.75, 3.05) is 6.54 Å². The maximum atomic E-state index is 12.0. The number of aliphatic carboxylic acids is 1. The Labute approximate surface area is 144 Å². The molecule has 0 aliphatic heterocycles. The average Bonchev–Trinajstić information content (AvgIpc) is 2.96. The van der Waals surface area contributed by atoms with Crippen molar-refractivity contribution in [1.29, 1.82) is 0 Å². The predicted octanol–water partition coefficient (Wildman–Crippen LogP) is 3.49. The van der Waals surface area contributed by atoms with E-state index in [-0.39, 0.29) is 12.5 Å². The molecule has 1 heterocycles. The van der Waals surface area contributed by atoms with Crippen LogP contribution in [0.1, 0.15) is 23.8 Å². The summed E-state index contributed by atoms with van der Waals surface area (Å²) in [6.45, 7) is 1.67. The molecule has 0 bridgehead atoms. The SMILES string of the molecule is CC(CNC(=O)CCc1cc(Cl)cs1)(C(=O)O)c1ccccc1. The van der Waals surface area contributed by atoms with Gasteiger partial charge in [0, 0.05) is 23.2 Å². The minimum Gasteiger partial charge on any atom is -0.481 e. The molecule has 0 spiro atoms. The molecule has 1 aromatic carbocycles. The summed E-state index contributed by atoms with van der Waals surface area (Å²) < 4.78 is 0. The molecule has 0 saturated carbocycles. The fraction of sp³-hybridized carbons (Fsp3) is 0.294. The van der Waals surface area contributed by atoms with Crippen LogP contribution in [-0.2, 0) is 21.4 Å². The number of thiophene rings is 1. The Morgan fingerprint density at radius 2 is 2.00 bits per heavy atom. The molecule has 0 aliphatic carbocycles. The molecule has 0 radical (unpaired) electrons. The van der Waals surface area contributed by atoms with Crippen molar-refractivity contribution < 1.29 is 14.7 Å². The highest BCUT2D eigenvalue weighted by Crippen LogP contribution is 2.23. The van der Waals surface area contributed by atoms with E-state index in [2.05, 4.69) is 5.32 Å². The highest BCUT2D eigenvalue weighted by Gasteiger charge is 2.35. The van der Waals surface area contributed by atoms with Crippen LogP contribution in [0.3, 0.4) is 0 Å². The van der Waals surface area contributed by atoms with Crippen LogP contribution < -0.4 is 5.32 Å². The quantitative estimate of drug-likeness (QED) is 0.802. The van der Waals surface area contributed by atoms with Crippen molar-refractivity contribution >= 4 is 34.8 Å². The number of carbonyl (C=O) groups is 2. The molecule has 1 atom stereocenters. The first-order valence-electron chi connectivity index (χ1n) is 7.20. The van der Waals surface area contributed by atoms with E-state index in [9.17, 15) is 14.7 Å². The van der Waals surface area contributed by atoms with Gasteiger partial charge in [0.15, 0.2) is 0 Å². The van der Waals surface area contributed by atoms with Crippen molar-refractivity contribution in [3.8, 4) is 0 Å². The summed E-state index contributed by atoms with van der Waals surface area (Å²) in [6, 6.07) is 10.8. The Balaban J connectivity index is 1.93. The molecule has 4 nitrogen and oxygen atoms in total. The summed E-state index contributed by atoms with van der Waals surface area (Å²) in [7, 11) is 0. The van der Waals surface area contributed by atoms with Crippen LogP contribution in [0.5, 0.6) is 0 Å². The minimum atomic E-state index is -1.15. The zero-order valence-corrected chi connectivity index (χ0v) is 14.3. The molecule has 2 N–H and O–H groups in total. The van der Waals surface area contributed by atoms with E-state index < -0.39 is 11.4 Å². The summed E-state index contributed by atoms with van der Waals surface area (Å²) in [6.07, 6.45) is 0.902. The third kappa shape index (κ3) is 4.56. The van der Waals surface area contributed by atoms with Gasteiger partial charge < -0.3 is 10.4 Å². The van der Waals surface area contributed by atoms with Gasteiger partial charge in [-0.2, -0.15) is 0 Å². The van der Waals surface area contributed by atoms with Gasteiger partial charge in [-0.3, -0.25) is 9.59 Å². The van der Waals surface area contributed by atoms with Crippen molar-refractivity contribution in [2.24, 2.45) is 0 Å². The minimum absolute atomic E-state index is 0.0520. The van der Waals surface area contributed by atoms with E-state index in [1.807, 2.05) is 17.5 Å². The van der Waals surface area contributed by atoms with Gasteiger partial charge in [0.1, 0.15) is 5.41 Å². The second kappa shape index (κ2) is 7.62. The number of carboxylic acids is 1. The Bertz CT molecular complexity index is 686. The summed E-state index contributed by atoms with van der Waals surface area (Å²) in [5.41, 5.74) is -0.485. The molecule has 1 unspecified atom stereocenters. The summed E-state index contributed by atoms with van der Waals surface area (Å²) >= 11 is 7.35. The molecule has 0 fully saturated rings. The van der Waals surface area contributed by atoms with Gasteiger partial charge in [-0.15, -0.1) is 11.3 Å².